The van der Waals surface area contributed by atoms with Crippen molar-refractivity contribution in [1.82, 2.24) is 20.2 Å². The Labute approximate surface area is 307 Å². The number of rotatable bonds is 9. The summed E-state index contributed by atoms with van der Waals surface area (Å²) in [5, 5.41) is 14.9. The number of terminal acetylenes is 1. The van der Waals surface area contributed by atoms with Crippen LogP contribution in [0.25, 0.3) is 10.8 Å². The van der Waals surface area contributed by atoms with Gasteiger partial charge in [0, 0.05) is 67.9 Å². The van der Waals surface area contributed by atoms with Gasteiger partial charge in [-0.25, -0.2) is 13.2 Å². The van der Waals surface area contributed by atoms with Gasteiger partial charge < -0.3 is 25.0 Å². The molecule has 53 heavy (non-hydrogen) atoms. The van der Waals surface area contributed by atoms with Crippen LogP contribution in [0.2, 0.25) is 0 Å². The van der Waals surface area contributed by atoms with Gasteiger partial charge in [0.25, 0.3) is 0 Å². The lowest BCUT2D eigenvalue weighted by Crippen LogP contribution is -2.45. The topological polar surface area (TPSA) is 94.1 Å². The molecular weight excluding hydrogens is 681 g/mol. The van der Waals surface area contributed by atoms with Gasteiger partial charge in [-0.15, -0.1) is 6.42 Å². The number of aromatic hydroxyl groups is 1. The lowest BCUT2D eigenvalue weighted by Gasteiger charge is -2.36. The standard InChI is InChI=1S/C41H43F3N6O3/c1-4-32-34(44)14-11-27-18-31(51)19-36(38(27)32)48-17-15-33-35(24-48)46-40(47-39(33)49-16-7-6-8-30(23-49)45-37(52)5-2)53-25-41(3)20-29(43)22-50(41)21-26-9-12-28(42)13-10-26/h1,5,9-14,18-19,29-30,51H,2,6-8,15-17,20-25H2,3H3,(H,45,52)/t29-,30?,41+/m1/s1. The molecule has 3 aliphatic rings. The number of ether oxygens (including phenoxy) is 1. The predicted octanol–water partition coefficient (Wildman–Crippen LogP) is 6.20. The van der Waals surface area contributed by atoms with E-state index in [0.717, 1.165) is 30.4 Å². The third-order valence-corrected chi connectivity index (χ3v) is 10.7. The maximum atomic E-state index is 15.0. The highest BCUT2D eigenvalue weighted by Crippen LogP contribution is 2.39. The first-order chi connectivity index (χ1) is 25.5. The minimum absolute atomic E-state index is 0.0265. The van der Waals surface area contributed by atoms with Gasteiger partial charge >= 0.3 is 6.01 Å². The average molecular weight is 725 g/mol. The van der Waals surface area contributed by atoms with Gasteiger partial charge in [0.2, 0.25) is 5.91 Å². The van der Waals surface area contributed by atoms with Gasteiger partial charge in [0.05, 0.1) is 23.3 Å². The number of aromatic nitrogens is 2. The molecule has 2 saturated heterocycles. The largest absolute Gasteiger partial charge is 0.508 e. The van der Waals surface area contributed by atoms with E-state index in [1.54, 1.807) is 30.3 Å². The van der Waals surface area contributed by atoms with Gasteiger partial charge in [-0.2, -0.15) is 9.97 Å². The van der Waals surface area contributed by atoms with E-state index in [1.807, 2.05) is 16.7 Å². The minimum atomic E-state index is -1.06. The number of alkyl halides is 1. The van der Waals surface area contributed by atoms with Crippen LogP contribution in [0, 0.1) is 24.0 Å². The number of amides is 1. The van der Waals surface area contributed by atoms with Crippen LogP contribution in [0.15, 0.2) is 61.2 Å². The van der Waals surface area contributed by atoms with Crippen molar-refractivity contribution in [3.63, 3.8) is 0 Å². The Morgan fingerprint density at radius 3 is 2.72 bits per heavy atom. The van der Waals surface area contributed by atoms with Crippen molar-refractivity contribution >= 4 is 28.2 Å². The molecule has 2 N–H and O–H groups in total. The van der Waals surface area contributed by atoms with E-state index in [9.17, 15) is 18.7 Å². The average Bonchev–Trinajstić information content (AvgIpc) is 3.26. The first kappa shape index (κ1) is 36.1. The summed E-state index contributed by atoms with van der Waals surface area (Å²) >= 11 is 0. The van der Waals surface area contributed by atoms with Gasteiger partial charge in [-0.05, 0) is 73.9 Å². The van der Waals surface area contributed by atoms with Crippen molar-refractivity contribution < 1.29 is 27.8 Å². The summed E-state index contributed by atoms with van der Waals surface area (Å²) in [4.78, 5) is 28.4. The van der Waals surface area contributed by atoms with Crippen LogP contribution in [0.4, 0.5) is 24.7 Å². The van der Waals surface area contributed by atoms with E-state index in [2.05, 4.69) is 22.7 Å². The lowest BCUT2D eigenvalue weighted by atomic mass is 9.98. The summed E-state index contributed by atoms with van der Waals surface area (Å²) < 4.78 is 50.0. The number of anilines is 2. The highest BCUT2D eigenvalue weighted by atomic mass is 19.1. The third kappa shape index (κ3) is 7.62. The molecule has 0 saturated carbocycles. The van der Waals surface area contributed by atoms with E-state index >= 15 is 4.39 Å². The predicted molar refractivity (Wildman–Crippen MR) is 199 cm³/mol. The summed E-state index contributed by atoms with van der Waals surface area (Å²) in [7, 11) is 0. The molecule has 12 heteroatoms. The fourth-order valence-electron chi connectivity index (χ4n) is 7.99. The van der Waals surface area contributed by atoms with Crippen molar-refractivity contribution in [3.05, 3.63) is 95.2 Å². The number of halogens is 3. The van der Waals surface area contributed by atoms with Gasteiger partial charge in [-0.3, -0.25) is 9.69 Å². The number of phenolic OH excluding ortho intramolecular Hbond substituents is 1. The SMILES string of the molecule is C#Cc1c(F)ccc2cc(O)cc(N3CCc4c(nc(OC[C@]5(C)C[C@@H](F)CN5Cc5ccc(F)cc5)nc4N4CCCCC(NC(=O)C=C)C4)C3)c12. The molecule has 4 aromatic rings. The summed E-state index contributed by atoms with van der Waals surface area (Å²) in [6, 6.07) is 12.3. The summed E-state index contributed by atoms with van der Waals surface area (Å²) in [5.74, 6) is 2.15. The summed E-state index contributed by atoms with van der Waals surface area (Å²) in [6.07, 6.45) is 9.42. The monoisotopic (exact) mass is 724 g/mol. The Morgan fingerprint density at radius 2 is 1.94 bits per heavy atom. The van der Waals surface area contributed by atoms with Crippen LogP contribution in [0.1, 0.15) is 55.0 Å². The van der Waals surface area contributed by atoms with E-state index in [-0.39, 0.29) is 54.7 Å². The second-order valence-electron chi connectivity index (χ2n) is 14.5. The van der Waals surface area contributed by atoms with Crippen LogP contribution in [-0.4, -0.2) is 76.4 Å². The fraction of sp³-hybridized carbons (Fsp3) is 0.390. The number of hydrogen-bond donors (Lipinski definition) is 2. The van der Waals surface area contributed by atoms with Crippen LogP contribution in [0.3, 0.4) is 0 Å². The van der Waals surface area contributed by atoms with Crippen LogP contribution < -0.4 is 19.9 Å². The number of likely N-dealkylation sites (tertiary alicyclic amines) is 1. The van der Waals surface area contributed by atoms with Crippen molar-refractivity contribution in [2.24, 2.45) is 0 Å². The van der Waals surface area contributed by atoms with Gasteiger partial charge in [-0.1, -0.05) is 30.7 Å². The Balaban J connectivity index is 1.23. The molecule has 1 unspecified atom stereocenters. The van der Waals surface area contributed by atoms with E-state index in [4.69, 9.17) is 21.1 Å². The highest BCUT2D eigenvalue weighted by Gasteiger charge is 2.43. The van der Waals surface area contributed by atoms with Gasteiger partial charge in [0.1, 0.15) is 36.0 Å². The maximum Gasteiger partial charge on any atom is 0.318 e. The number of nitrogens with one attached hydrogen (secondary N) is 1. The van der Waals surface area contributed by atoms with Crippen LogP contribution >= 0.6 is 0 Å². The van der Waals surface area contributed by atoms with E-state index < -0.39 is 17.5 Å². The molecule has 276 valence electrons. The third-order valence-electron chi connectivity index (χ3n) is 10.7. The Morgan fingerprint density at radius 1 is 1.13 bits per heavy atom. The summed E-state index contributed by atoms with van der Waals surface area (Å²) in [5.41, 5.74) is 2.51. The normalized spacial score (nSPS) is 21.9. The van der Waals surface area contributed by atoms with Crippen molar-refractivity contribution in [3.8, 4) is 24.1 Å². The van der Waals surface area contributed by atoms with Crippen molar-refractivity contribution in [2.75, 3.05) is 42.6 Å². The first-order valence-electron chi connectivity index (χ1n) is 18.0. The number of phenols is 1. The molecule has 7 rings (SSSR count). The molecule has 3 aliphatic heterocycles. The fourth-order valence-corrected chi connectivity index (χ4v) is 7.99. The molecular formula is C41H43F3N6O3. The van der Waals surface area contributed by atoms with E-state index in [1.165, 1.54) is 24.3 Å². The minimum Gasteiger partial charge on any atom is -0.508 e. The molecule has 3 aromatic carbocycles. The number of fused-ring (bicyclic) bond motifs is 2. The van der Waals surface area contributed by atoms with E-state index in [0.29, 0.717) is 67.1 Å². The van der Waals surface area contributed by atoms with Crippen molar-refractivity contribution in [2.45, 2.75) is 69.9 Å². The van der Waals surface area contributed by atoms with Crippen molar-refractivity contribution in [1.29, 1.82) is 0 Å². The molecule has 1 aromatic heterocycles. The van der Waals surface area contributed by atoms with Gasteiger partial charge in [0.15, 0.2) is 0 Å². The van der Waals surface area contributed by atoms with Crippen LogP contribution in [0.5, 0.6) is 11.8 Å². The molecule has 2 fully saturated rings. The quantitative estimate of drug-likeness (QED) is 0.156. The lowest BCUT2D eigenvalue weighted by molar-refractivity contribution is -0.117. The summed E-state index contributed by atoms with van der Waals surface area (Å²) in [6.45, 7) is 8.36. The number of nitrogens with zero attached hydrogens (tertiary/aromatic N) is 5. The molecule has 3 atom stereocenters. The molecule has 9 nitrogen and oxygen atoms in total. The zero-order chi connectivity index (χ0) is 37.3. The zero-order valence-electron chi connectivity index (χ0n) is 29.8. The smallest absolute Gasteiger partial charge is 0.318 e. The first-order valence-corrected chi connectivity index (χ1v) is 18.0. The second-order valence-corrected chi connectivity index (χ2v) is 14.5. The molecule has 4 heterocycles. The molecule has 0 spiro atoms. The maximum absolute atomic E-state index is 15.0. The Kier molecular flexibility index (Phi) is 10.2. The van der Waals surface area contributed by atoms with Crippen LogP contribution in [-0.2, 0) is 24.3 Å². The second kappa shape index (κ2) is 15.0. The molecule has 0 aliphatic carbocycles. The Bertz CT molecular complexity index is 2070. The number of carbonyl (C=O) groups excluding carboxylic acids is 1. The number of benzene rings is 3. The molecule has 1 amide bonds. The zero-order valence-corrected chi connectivity index (χ0v) is 29.8. The molecule has 0 radical (unpaired) electrons. The number of carbonyl (C=O) groups is 1. The number of hydrogen-bond acceptors (Lipinski definition) is 8. The molecule has 0 bridgehead atoms. The Hall–Kier alpha value is -5.28. The highest BCUT2D eigenvalue weighted by molar-refractivity contribution is 6.00.